The summed E-state index contributed by atoms with van der Waals surface area (Å²) in [5.74, 6) is 1.22. The van der Waals surface area contributed by atoms with E-state index in [1.165, 1.54) is 5.80 Å². The van der Waals surface area contributed by atoms with Crippen molar-refractivity contribution in [1.82, 2.24) is 0 Å². The van der Waals surface area contributed by atoms with E-state index in [2.05, 4.69) is 0 Å². The van der Waals surface area contributed by atoms with Crippen LogP contribution in [0.15, 0.2) is 0 Å². The number of rotatable bonds is 1. The van der Waals surface area contributed by atoms with Crippen molar-refractivity contribution in [1.29, 1.82) is 0 Å². The predicted molar refractivity (Wildman–Crippen MR) is 23.0 cm³/mol. The minimum absolute atomic E-state index is 0. The first kappa shape index (κ1) is 16.7. The van der Waals surface area contributed by atoms with E-state index in [0.29, 0.717) is 0 Å². The molecule has 0 rings (SSSR count). The summed E-state index contributed by atoms with van der Waals surface area (Å²) in [5.41, 5.74) is 0. The molecule has 0 bridgehead atoms. The maximum atomic E-state index is 9.29. The van der Waals surface area contributed by atoms with E-state index in [4.69, 9.17) is 5.11 Å². The SMILES string of the molecule is O=[P+]=CCO.[H-].[H-].[K+].[K+]. The number of aliphatic hydroxyl groups is 1. The molecule has 0 fully saturated rings. The van der Waals surface area contributed by atoms with Crippen molar-refractivity contribution in [3.05, 3.63) is 0 Å². The average molecular weight is 171 g/mol. The Morgan fingerprint density at radius 1 is 1.71 bits per heavy atom. The molecule has 0 amide bonds. The third kappa shape index (κ3) is 17.6. The monoisotopic (exact) mass is 171 g/mol. The summed E-state index contributed by atoms with van der Waals surface area (Å²) in [6, 6.07) is 0. The van der Waals surface area contributed by atoms with Crippen LogP contribution in [0.2, 0.25) is 0 Å². The Morgan fingerprint density at radius 3 is 2.14 bits per heavy atom. The Labute approximate surface area is 132 Å². The van der Waals surface area contributed by atoms with Gasteiger partial charge in [-0.2, -0.15) is 0 Å². The molecular weight excluding hydrogens is 165 g/mol. The fourth-order valence-electron chi connectivity index (χ4n) is 0.0333. The molecule has 0 aliphatic heterocycles. The number of aliphatic hydroxyl groups excluding tert-OH is 1. The van der Waals surface area contributed by atoms with E-state index in [0.717, 1.165) is 0 Å². The largest absolute Gasteiger partial charge is 1.00 e. The van der Waals surface area contributed by atoms with Crippen molar-refractivity contribution in [3.8, 4) is 0 Å². The van der Waals surface area contributed by atoms with Gasteiger partial charge in [0.1, 0.15) is 0 Å². The van der Waals surface area contributed by atoms with Crippen LogP contribution >= 0.6 is 8.08 Å². The number of hydrogen-bond acceptors (Lipinski definition) is 2. The zero-order valence-corrected chi connectivity index (χ0v) is 11.7. The van der Waals surface area contributed by atoms with Crippen LogP contribution in [0.4, 0.5) is 0 Å². The molecule has 0 aromatic carbocycles. The van der Waals surface area contributed by atoms with Gasteiger partial charge in [-0.15, -0.1) is 0 Å². The molecule has 0 aliphatic carbocycles. The van der Waals surface area contributed by atoms with Crippen molar-refractivity contribution >= 4 is 13.9 Å². The molecule has 7 heavy (non-hydrogen) atoms. The molecule has 0 atom stereocenters. The quantitative estimate of drug-likeness (QED) is 0.315. The fraction of sp³-hybridized carbons (Fsp3) is 0.500. The van der Waals surface area contributed by atoms with Crippen LogP contribution in [-0.4, -0.2) is 17.5 Å². The molecule has 2 nitrogen and oxygen atoms in total. The first-order valence-electron chi connectivity index (χ1n) is 1.17. The van der Waals surface area contributed by atoms with Crippen molar-refractivity contribution in [2.75, 3.05) is 6.61 Å². The van der Waals surface area contributed by atoms with Crippen molar-refractivity contribution in [2.24, 2.45) is 0 Å². The molecule has 1 N–H and O–H groups in total. The third-order valence-electron chi connectivity index (χ3n) is 0.156. The number of hydrogen-bond donors (Lipinski definition) is 1. The van der Waals surface area contributed by atoms with Crippen molar-refractivity contribution in [2.45, 2.75) is 0 Å². The second-order valence-electron chi connectivity index (χ2n) is 0.471. The molecule has 0 saturated heterocycles. The zero-order valence-electron chi connectivity index (χ0n) is 6.59. The summed E-state index contributed by atoms with van der Waals surface area (Å²) in [5, 5.41) is 7.80. The summed E-state index contributed by atoms with van der Waals surface area (Å²) < 4.78 is 9.29. The van der Waals surface area contributed by atoms with Gasteiger partial charge in [0.2, 0.25) is 0 Å². The van der Waals surface area contributed by atoms with Gasteiger partial charge in [0, 0.05) is 0 Å². The Kier molecular flexibility index (Phi) is 38.6. The van der Waals surface area contributed by atoms with Gasteiger partial charge in [-0.05, 0) is 0 Å². The van der Waals surface area contributed by atoms with Gasteiger partial charge < -0.3 is 2.85 Å². The van der Waals surface area contributed by atoms with Crippen LogP contribution in [0.25, 0.3) is 0 Å². The van der Waals surface area contributed by atoms with E-state index in [1.807, 2.05) is 0 Å². The predicted octanol–water partition coefficient (Wildman–Crippen LogP) is -5.69. The van der Waals surface area contributed by atoms with Gasteiger partial charge in [0.05, 0.1) is 0 Å². The van der Waals surface area contributed by atoms with E-state index < -0.39 is 0 Å². The molecule has 0 aliphatic rings. The van der Waals surface area contributed by atoms with Gasteiger partial charge in [0.25, 0.3) is 0 Å². The molecule has 0 spiro atoms. The summed E-state index contributed by atoms with van der Waals surface area (Å²) in [6.07, 6.45) is 0. The smallest absolute Gasteiger partial charge is 1.00 e. The summed E-state index contributed by atoms with van der Waals surface area (Å²) in [4.78, 5) is 0. The summed E-state index contributed by atoms with van der Waals surface area (Å²) in [6.45, 7) is -0.106. The maximum Gasteiger partial charge on any atom is 1.00 e. The molecule has 0 radical (unpaired) electrons. The second-order valence-corrected chi connectivity index (χ2v) is 1.05. The zero-order chi connectivity index (χ0) is 4.12. The molecule has 5 heteroatoms. The minimum Gasteiger partial charge on any atom is -1.00 e. The Balaban J connectivity index is -0.0000000133. The van der Waals surface area contributed by atoms with Gasteiger partial charge in [-0.25, -0.2) is 0 Å². The van der Waals surface area contributed by atoms with Crippen molar-refractivity contribution in [3.63, 3.8) is 0 Å². The summed E-state index contributed by atoms with van der Waals surface area (Å²) in [7, 11) is -0.0953. The first-order valence-corrected chi connectivity index (χ1v) is 2.05. The van der Waals surface area contributed by atoms with Crippen LogP contribution in [0.3, 0.4) is 0 Å². The Hall–Kier alpha value is 3.33. The molecular formula is C2H6K2O2P+. The molecule has 0 saturated carbocycles. The molecule has 0 aromatic rings. The average Bonchev–Trinajstić information content (AvgIpc) is 1.41. The molecule has 0 aromatic heterocycles. The second kappa shape index (κ2) is 16.2. The van der Waals surface area contributed by atoms with Gasteiger partial charge in [0.15, 0.2) is 0 Å². The topological polar surface area (TPSA) is 37.3 Å². The molecule has 0 unspecified atom stereocenters. The van der Waals surface area contributed by atoms with E-state index in [1.54, 1.807) is 0 Å². The van der Waals surface area contributed by atoms with Crippen LogP contribution in [-0.2, 0) is 4.57 Å². The van der Waals surface area contributed by atoms with Gasteiger partial charge in [-0.3, -0.25) is 0 Å². The van der Waals surface area contributed by atoms with Crippen LogP contribution in [0.5, 0.6) is 0 Å². The maximum absolute atomic E-state index is 9.29. The Bertz CT molecular complexity index is 67.6. The van der Waals surface area contributed by atoms with Crippen molar-refractivity contribution < 1.29 is 115 Å². The first-order chi connectivity index (χ1) is 2.41. The van der Waals surface area contributed by atoms with Crippen LogP contribution in [0.1, 0.15) is 2.85 Å². The normalized spacial score (nSPS) is 4.71. The van der Waals surface area contributed by atoms with E-state index >= 15 is 0 Å². The molecule has 32 valence electrons. The standard InChI is InChI=1S/C2H4O2P.2K.2H/c3-1-2-5-4;;;;/h2-3H,1H2;;;;/q3*+1;2*-1. The van der Waals surface area contributed by atoms with E-state index in [-0.39, 0.29) is 120 Å². The molecule has 0 heterocycles. The third-order valence-corrected chi connectivity index (χ3v) is 0.469. The van der Waals surface area contributed by atoms with Gasteiger partial charge >= 0.3 is 133 Å². The van der Waals surface area contributed by atoms with E-state index in [9.17, 15) is 4.57 Å². The fourth-order valence-corrected chi connectivity index (χ4v) is 0.100. The van der Waals surface area contributed by atoms with Gasteiger partial charge in [-0.1, -0.05) is 0 Å². The minimum atomic E-state index is -0.106. The Morgan fingerprint density at radius 2 is 2.14 bits per heavy atom. The van der Waals surface area contributed by atoms with Crippen LogP contribution in [0, 0.1) is 0 Å². The van der Waals surface area contributed by atoms with Crippen LogP contribution < -0.4 is 103 Å². The summed E-state index contributed by atoms with van der Waals surface area (Å²) >= 11 is 0.